The summed E-state index contributed by atoms with van der Waals surface area (Å²) in [7, 11) is 0. The van der Waals surface area contributed by atoms with Crippen LogP contribution in [0.3, 0.4) is 0 Å². The number of hydrogen-bond acceptors (Lipinski definition) is 5. The fourth-order valence-electron chi connectivity index (χ4n) is 3.26. The first-order valence-corrected chi connectivity index (χ1v) is 9.54. The van der Waals surface area contributed by atoms with Gasteiger partial charge in [-0.1, -0.05) is 24.3 Å². The van der Waals surface area contributed by atoms with E-state index in [4.69, 9.17) is 5.73 Å². The minimum absolute atomic E-state index is 0.215. The fraction of sp³-hybridized carbons (Fsp3) is 0.0909. The Hall–Kier alpha value is -3.12. The molecular weight excluding hydrogens is 416 g/mol. The number of anilines is 3. The molecule has 4 rings (SSSR count). The van der Waals surface area contributed by atoms with Gasteiger partial charge in [0.2, 0.25) is 5.95 Å². The van der Waals surface area contributed by atoms with E-state index >= 15 is 0 Å². The monoisotopic (exact) mass is 434 g/mol. The lowest BCUT2D eigenvalue weighted by Crippen LogP contribution is -2.07. The van der Waals surface area contributed by atoms with Crippen molar-refractivity contribution >= 4 is 44.5 Å². The second-order valence-electron chi connectivity index (χ2n) is 6.71. The van der Waals surface area contributed by atoms with Crippen molar-refractivity contribution < 1.29 is 5.11 Å². The van der Waals surface area contributed by atoms with Crippen LogP contribution in [0.1, 0.15) is 11.1 Å². The second kappa shape index (κ2) is 7.13. The summed E-state index contributed by atoms with van der Waals surface area (Å²) in [6.07, 6.45) is 0. The number of rotatable bonds is 3. The molecule has 0 atom stereocenters. The molecule has 0 fully saturated rings. The van der Waals surface area contributed by atoms with Crippen molar-refractivity contribution in [1.82, 2.24) is 9.97 Å². The number of halogens is 1. The van der Waals surface area contributed by atoms with Gasteiger partial charge in [-0.3, -0.25) is 3.93 Å². The van der Waals surface area contributed by atoms with Gasteiger partial charge in [0.05, 0.1) is 27.4 Å². The summed E-state index contributed by atoms with van der Waals surface area (Å²) in [5.74, 6) is 1.21. The summed E-state index contributed by atoms with van der Waals surface area (Å²) in [5, 5.41) is 10.9. The first-order valence-electron chi connectivity index (χ1n) is 8.83. The van der Waals surface area contributed by atoms with Gasteiger partial charge in [-0.2, -0.15) is 4.98 Å². The summed E-state index contributed by atoms with van der Waals surface area (Å²) in [5.41, 5.74) is 11.4. The van der Waals surface area contributed by atoms with Gasteiger partial charge in [0.15, 0.2) is 5.82 Å². The maximum atomic E-state index is 10.1. The predicted molar refractivity (Wildman–Crippen MR) is 118 cm³/mol. The lowest BCUT2D eigenvalue weighted by molar-refractivity contribution is 0.467. The molecule has 0 aliphatic carbocycles. The van der Waals surface area contributed by atoms with E-state index < -0.39 is 0 Å². The molecule has 0 unspecified atom stereocenters. The topological polar surface area (TPSA) is 75.3 Å². The van der Waals surface area contributed by atoms with Crippen LogP contribution in [0.15, 0.2) is 60.7 Å². The highest BCUT2D eigenvalue weighted by atomic mass is 79.9. The predicted octanol–water partition coefficient (Wildman–Crippen LogP) is 5.65. The van der Waals surface area contributed by atoms with Crippen LogP contribution in [0.4, 0.5) is 17.5 Å². The molecular formula is C22H19BrN4O. The van der Waals surface area contributed by atoms with Crippen molar-refractivity contribution in [3.05, 3.63) is 71.8 Å². The molecule has 1 aromatic heterocycles. The maximum absolute atomic E-state index is 10.1. The molecule has 0 amide bonds. The Morgan fingerprint density at radius 1 is 0.893 bits per heavy atom. The van der Waals surface area contributed by atoms with Gasteiger partial charge in [-0.25, -0.2) is 4.98 Å². The number of nitrogen functional groups attached to an aromatic ring is 1. The van der Waals surface area contributed by atoms with E-state index in [-0.39, 0.29) is 5.95 Å². The quantitative estimate of drug-likeness (QED) is 0.407. The van der Waals surface area contributed by atoms with Gasteiger partial charge in [-0.05, 0) is 72.5 Å². The molecule has 3 aromatic carbocycles. The fourth-order valence-corrected chi connectivity index (χ4v) is 3.77. The number of aromatic nitrogens is 2. The number of phenolic OH excluding ortho intramolecular Hbond substituents is 1. The number of aryl methyl sites for hydroxylation is 2. The van der Waals surface area contributed by atoms with Crippen LogP contribution in [-0.2, 0) is 0 Å². The molecule has 0 saturated heterocycles. The van der Waals surface area contributed by atoms with Gasteiger partial charge in [0.25, 0.3) is 0 Å². The Morgan fingerprint density at radius 2 is 1.57 bits per heavy atom. The molecule has 0 spiro atoms. The molecule has 4 aromatic rings. The first-order chi connectivity index (χ1) is 13.4. The summed E-state index contributed by atoms with van der Waals surface area (Å²) in [4.78, 5) is 8.84. The summed E-state index contributed by atoms with van der Waals surface area (Å²) in [6.45, 7) is 3.80. The highest BCUT2D eigenvalue weighted by Gasteiger charge is 2.15. The number of para-hydroxylation sites is 1. The SMILES string of the molecule is Cc1cc(-c2ccc3nc(N)nc(N(Br)c4ccccc4)c3c2)cc(C)c1O. The Balaban J connectivity index is 1.91. The van der Waals surface area contributed by atoms with Crippen LogP contribution in [0.2, 0.25) is 0 Å². The number of hydrogen-bond donors (Lipinski definition) is 2. The molecule has 5 nitrogen and oxygen atoms in total. The summed E-state index contributed by atoms with van der Waals surface area (Å²) in [6, 6.07) is 19.8. The molecule has 140 valence electrons. The molecule has 0 radical (unpaired) electrons. The van der Waals surface area contributed by atoms with Crippen molar-refractivity contribution in [2.24, 2.45) is 0 Å². The third-order valence-electron chi connectivity index (χ3n) is 4.69. The Kier molecular flexibility index (Phi) is 4.65. The first kappa shape index (κ1) is 18.3. The standard InChI is InChI=1S/C22H19BrN4O/c1-13-10-16(11-14(2)20(13)28)15-8-9-19-18(12-15)21(26-22(24)25-19)27(23)17-6-4-3-5-7-17/h3-12,28H,1-2H3,(H2,24,25,26). The zero-order valence-corrected chi connectivity index (χ0v) is 17.1. The second-order valence-corrected chi connectivity index (χ2v) is 7.42. The number of fused-ring (bicyclic) bond motifs is 1. The van der Waals surface area contributed by atoms with Crippen LogP contribution in [0, 0.1) is 13.8 Å². The van der Waals surface area contributed by atoms with Gasteiger partial charge < -0.3 is 10.8 Å². The normalized spacial score (nSPS) is 11.0. The lowest BCUT2D eigenvalue weighted by atomic mass is 9.98. The van der Waals surface area contributed by atoms with E-state index in [1.165, 1.54) is 0 Å². The zero-order valence-electron chi connectivity index (χ0n) is 15.5. The molecule has 28 heavy (non-hydrogen) atoms. The number of nitrogens with two attached hydrogens (primary N) is 1. The average Bonchev–Trinajstić information content (AvgIpc) is 2.70. The Bertz CT molecular complexity index is 1150. The van der Waals surface area contributed by atoms with Gasteiger partial charge in [0, 0.05) is 5.39 Å². The zero-order chi connectivity index (χ0) is 19.8. The van der Waals surface area contributed by atoms with Crippen LogP contribution in [0.25, 0.3) is 22.0 Å². The minimum Gasteiger partial charge on any atom is -0.507 e. The van der Waals surface area contributed by atoms with E-state index in [9.17, 15) is 5.11 Å². The minimum atomic E-state index is 0.215. The van der Waals surface area contributed by atoms with Crippen LogP contribution in [-0.4, -0.2) is 15.1 Å². The smallest absolute Gasteiger partial charge is 0.222 e. The molecule has 0 bridgehead atoms. The highest BCUT2D eigenvalue weighted by Crippen LogP contribution is 2.36. The average molecular weight is 435 g/mol. The van der Waals surface area contributed by atoms with Gasteiger partial charge in [0.1, 0.15) is 5.75 Å². The maximum Gasteiger partial charge on any atom is 0.222 e. The van der Waals surface area contributed by atoms with Gasteiger partial charge in [-0.15, -0.1) is 0 Å². The molecule has 3 N–H and O–H groups in total. The summed E-state index contributed by atoms with van der Waals surface area (Å²) >= 11 is 3.62. The third-order valence-corrected chi connectivity index (χ3v) is 5.43. The van der Waals surface area contributed by atoms with Crippen LogP contribution in [0.5, 0.6) is 5.75 Å². The van der Waals surface area contributed by atoms with E-state index in [1.807, 2.05) is 78.4 Å². The van der Waals surface area contributed by atoms with Gasteiger partial charge >= 0.3 is 0 Å². The lowest BCUT2D eigenvalue weighted by Gasteiger charge is -2.18. The largest absolute Gasteiger partial charge is 0.507 e. The molecule has 0 aliphatic heterocycles. The van der Waals surface area contributed by atoms with Crippen molar-refractivity contribution in [2.75, 3.05) is 9.66 Å². The Morgan fingerprint density at radius 3 is 2.25 bits per heavy atom. The van der Waals surface area contributed by atoms with Crippen molar-refractivity contribution in [3.8, 4) is 16.9 Å². The number of nitrogens with zero attached hydrogens (tertiary/aromatic N) is 3. The summed E-state index contributed by atoms with van der Waals surface area (Å²) < 4.78 is 1.82. The van der Waals surface area contributed by atoms with E-state index in [0.717, 1.165) is 38.8 Å². The number of phenols is 1. The van der Waals surface area contributed by atoms with Crippen molar-refractivity contribution in [3.63, 3.8) is 0 Å². The molecule has 1 heterocycles. The number of aromatic hydroxyl groups is 1. The molecule has 0 saturated carbocycles. The molecule has 0 aliphatic rings. The highest BCUT2D eigenvalue weighted by molar-refractivity contribution is 9.10. The van der Waals surface area contributed by atoms with Crippen molar-refractivity contribution in [1.29, 1.82) is 0 Å². The van der Waals surface area contributed by atoms with E-state index in [2.05, 4.69) is 26.1 Å². The molecule has 6 heteroatoms. The number of benzene rings is 3. The van der Waals surface area contributed by atoms with Crippen molar-refractivity contribution in [2.45, 2.75) is 13.8 Å². The third kappa shape index (κ3) is 3.27. The van der Waals surface area contributed by atoms with Crippen LogP contribution < -0.4 is 9.66 Å². The Labute approximate surface area is 171 Å². The van der Waals surface area contributed by atoms with E-state index in [0.29, 0.717) is 11.6 Å². The van der Waals surface area contributed by atoms with E-state index in [1.54, 1.807) is 0 Å². The van der Waals surface area contributed by atoms with Crippen LogP contribution >= 0.6 is 16.1 Å².